The van der Waals surface area contributed by atoms with Crippen LogP contribution in [-0.4, -0.2) is 42.4 Å². The zero-order valence-electron chi connectivity index (χ0n) is 17.7. The molecule has 29 heavy (non-hydrogen) atoms. The summed E-state index contributed by atoms with van der Waals surface area (Å²) in [7, 11) is 1.57. The molecule has 1 aliphatic carbocycles. The fourth-order valence-corrected chi connectivity index (χ4v) is 4.47. The highest BCUT2D eigenvalue weighted by Gasteiger charge is 2.51. The molecule has 0 unspecified atom stereocenters. The minimum Gasteiger partial charge on any atom is -0.497 e. The van der Waals surface area contributed by atoms with E-state index in [0.29, 0.717) is 29.6 Å². The van der Waals surface area contributed by atoms with Crippen LogP contribution in [0.4, 0.5) is 4.79 Å². The van der Waals surface area contributed by atoms with Crippen LogP contribution < -0.4 is 15.4 Å². The number of amides is 4. The Morgan fingerprint density at radius 3 is 2.55 bits per heavy atom. The maximum Gasteiger partial charge on any atom is 0.325 e. The molecule has 3 rings (SSSR count). The Morgan fingerprint density at radius 1 is 1.24 bits per heavy atom. The van der Waals surface area contributed by atoms with E-state index in [1.165, 1.54) is 6.42 Å². The third-order valence-corrected chi connectivity index (χ3v) is 6.64. The van der Waals surface area contributed by atoms with E-state index >= 15 is 0 Å². The van der Waals surface area contributed by atoms with Gasteiger partial charge in [0.25, 0.3) is 5.91 Å². The number of benzene rings is 1. The summed E-state index contributed by atoms with van der Waals surface area (Å²) in [6, 6.07) is 6.61. The molecule has 1 saturated heterocycles. The van der Waals surface area contributed by atoms with Crippen LogP contribution in [0.25, 0.3) is 0 Å². The molecular formula is C22H31N3O4. The highest BCUT2D eigenvalue weighted by Crippen LogP contribution is 2.33. The van der Waals surface area contributed by atoms with Crippen LogP contribution in [0.5, 0.6) is 5.75 Å². The van der Waals surface area contributed by atoms with E-state index in [1.54, 1.807) is 31.4 Å². The van der Waals surface area contributed by atoms with Crippen molar-refractivity contribution >= 4 is 17.8 Å². The van der Waals surface area contributed by atoms with Crippen molar-refractivity contribution in [2.75, 3.05) is 13.7 Å². The molecule has 1 aromatic carbocycles. The van der Waals surface area contributed by atoms with Gasteiger partial charge in [-0.25, -0.2) is 4.79 Å². The lowest BCUT2D eigenvalue weighted by Gasteiger charge is -2.34. The molecule has 0 bridgehead atoms. The summed E-state index contributed by atoms with van der Waals surface area (Å²) in [5, 5.41) is 5.85. The predicted molar refractivity (Wildman–Crippen MR) is 109 cm³/mol. The van der Waals surface area contributed by atoms with Gasteiger partial charge in [-0.15, -0.1) is 0 Å². The predicted octanol–water partition coefficient (Wildman–Crippen LogP) is 2.79. The fourth-order valence-electron chi connectivity index (χ4n) is 4.47. The third kappa shape index (κ3) is 3.95. The van der Waals surface area contributed by atoms with Crippen LogP contribution in [0.2, 0.25) is 0 Å². The lowest BCUT2D eigenvalue weighted by atomic mass is 9.78. The monoisotopic (exact) mass is 401 g/mol. The number of ether oxygens (including phenoxy) is 1. The summed E-state index contributed by atoms with van der Waals surface area (Å²) < 4.78 is 5.17. The van der Waals surface area contributed by atoms with E-state index in [0.717, 1.165) is 17.7 Å². The quantitative estimate of drug-likeness (QED) is 0.718. The van der Waals surface area contributed by atoms with Crippen LogP contribution in [0.3, 0.4) is 0 Å². The van der Waals surface area contributed by atoms with E-state index in [1.807, 2.05) is 6.92 Å². The standard InChI is InChI=1S/C22H31N3O4/c1-5-22(16-9-11-17(29-4)12-10-16)20(27)25(21(28)24-22)13-19(26)23-18-8-6-7-14(2)15(18)3/h9-12,14-15,18H,5-8,13H2,1-4H3,(H,23,26)(H,24,28)/t14-,15+,18+,22+/m0/s1. The molecule has 158 valence electrons. The first-order valence-corrected chi connectivity index (χ1v) is 10.4. The Morgan fingerprint density at radius 2 is 1.93 bits per heavy atom. The summed E-state index contributed by atoms with van der Waals surface area (Å²) in [5.41, 5.74) is -0.479. The molecule has 2 fully saturated rings. The maximum absolute atomic E-state index is 13.2. The number of nitrogens with one attached hydrogen (secondary N) is 2. The number of hydrogen-bond donors (Lipinski definition) is 2. The average molecular weight is 402 g/mol. The lowest BCUT2D eigenvalue weighted by molar-refractivity contribution is -0.135. The smallest absolute Gasteiger partial charge is 0.325 e. The average Bonchev–Trinajstić information content (AvgIpc) is 2.96. The van der Waals surface area contributed by atoms with Gasteiger partial charge in [0.05, 0.1) is 7.11 Å². The number of nitrogens with zero attached hydrogens (tertiary/aromatic N) is 1. The van der Waals surface area contributed by atoms with Gasteiger partial charge in [-0.2, -0.15) is 0 Å². The minimum atomic E-state index is -1.16. The van der Waals surface area contributed by atoms with Crippen molar-refractivity contribution in [2.45, 2.75) is 58.0 Å². The summed E-state index contributed by atoms with van der Waals surface area (Å²) in [4.78, 5) is 39.4. The van der Waals surface area contributed by atoms with E-state index in [4.69, 9.17) is 4.74 Å². The van der Waals surface area contributed by atoms with Gasteiger partial charge in [-0.05, 0) is 42.4 Å². The van der Waals surface area contributed by atoms with Gasteiger partial charge < -0.3 is 15.4 Å². The van der Waals surface area contributed by atoms with Crippen LogP contribution >= 0.6 is 0 Å². The number of carbonyl (C=O) groups is 3. The number of hydrogen-bond acceptors (Lipinski definition) is 4. The normalized spacial score (nSPS) is 29.5. The van der Waals surface area contributed by atoms with Crippen LogP contribution in [0.1, 0.15) is 52.0 Å². The Labute approximate surface area is 172 Å². The summed E-state index contributed by atoms with van der Waals surface area (Å²) in [6.07, 6.45) is 3.57. The van der Waals surface area contributed by atoms with Crippen LogP contribution in [0, 0.1) is 11.8 Å². The number of carbonyl (C=O) groups excluding carboxylic acids is 3. The molecule has 2 N–H and O–H groups in total. The second kappa shape index (κ2) is 8.43. The second-order valence-corrected chi connectivity index (χ2v) is 8.25. The molecule has 1 aromatic rings. The van der Waals surface area contributed by atoms with E-state index in [-0.39, 0.29) is 18.5 Å². The first-order chi connectivity index (χ1) is 13.8. The highest BCUT2D eigenvalue weighted by atomic mass is 16.5. The third-order valence-electron chi connectivity index (χ3n) is 6.64. The maximum atomic E-state index is 13.2. The first kappa shape index (κ1) is 21.1. The molecule has 1 heterocycles. The van der Waals surface area contributed by atoms with Crippen molar-refractivity contribution in [2.24, 2.45) is 11.8 Å². The van der Waals surface area contributed by atoms with Crippen molar-refractivity contribution in [3.63, 3.8) is 0 Å². The molecule has 7 heteroatoms. The molecule has 2 aliphatic rings. The van der Waals surface area contributed by atoms with Crippen molar-refractivity contribution in [3.8, 4) is 5.75 Å². The van der Waals surface area contributed by atoms with Gasteiger partial charge in [0.2, 0.25) is 5.91 Å². The number of imide groups is 1. The minimum absolute atomic E-state index is 0.0875. The van der Waals surface area contributed by atoms with Crippen molar-refractivity contribution in [3.05, 3.63) is 29.8 Å². The molecule has 4 atom stereocenters. The molecule has 0 aromatic heterocycles. The Balaban J connectivity index is 1.72. The summed E-state index contributed by atoms with van der Waals surface area (Å²) >= 11 is 0. The summed E-state index contributed by atoms with van der Waals surface area (Å²) in [6.45, 7) is 5.93. The van der Waals surface area contributed by atoms with E-state index in [2.05, 4.69) is 24.5 Å². The highest BCUT2D eigenvalue weighted by molar-refractivity contribution is 6.09. The zero-order valence-corrected chi connectivity index (χ0v) is 17.7. The van der Waals surface area contributed by atoms with Crippen molar-refractivity contribution in [1.29, 1.82) is 0 Å². The molecule has 1 saturated carbocycles. The van der Waals surface area contributed by atoms with Gasteiger partial charge >= 0.3 is 6.03 Å². The Bertz CT molecular complexity index is 779. The Kier molecular flexibility index (Phi) is 6.15. The van der Waals surface area contributed by atoms with Crippen LogP contribution in [-0.2, 0) is 15.1 Å². The molecule has 0 spiro atoms. The zero-order chi connectivity index (χ0) is 21.2. The van der Waals surface area contributed by atoms with Gasteiger partial charge in [-0.1, -0.05) is 45.7 Å². The van der Waals surface area contributed by atoms with Gasteiger partial charge in [0.1, 0.15) is 17.8 Å². The van der Waals surface area contributed by atoms with Crippen molar-refractivity contribution in [1.82, 2.24) is 15.5 Å². The first-order valence-electron chi connectivity index (χ1n) is 10.4. The largest absolute Gasteiger partial charge is 0.497 e. The number of urea groups is 1. The molecule has 0 radical (unpaired) electrons. The van der Waals surface area contributed by atoms with E-state index < -0.39 is 17.5 Å². The summed E-state index contributed by atoms with van der Waals surface area (Å²) in [5.74, 6) is 0.915. The van der Waals surface area contributed by atoms with E-state index in [9.17, 15) is 14.4 Å². The topological polar surface area (TPSA) is 87.7 Å². The van der Waals surface area contributed by atoms with Gasteiger partial charge in [0.15, 0.2) is 0 Å². The molecule has 4 amide bonds. The van der Waals surface area contributed by atoms with Crippen LogP contribution in [0.15, 0.2) is 24.3 Å². The van der Waals surface area contributed by atoms with Gasteiger partial charge in [-0.3, -0.25) is 14.5 Å². The number of methoxy groups -OCH3 is 1. The molecular weight excluding hydrogens is 370 g/mol. The van der Waals surface area contributed by atoms with Gasteiger partial charge in [0, 0.05) is 6.04 Å². The second-order valence-electron chi connectivity index (χ2n) is 8.25. The SMILES string of the molecule is CC[C@]1(c2ccc(OC)cc2)NC(=O)N(CC(=O)N[C@@H]2CCC[C@H](C)[C@H]2C)C1=O. The molecule has 1 aliphatic heterocycles. The number of rotatable bonds is 6. The Hall–Kier alpha value is -2.57. The molecule has 7 nitrogen and oxygen atoms in total. The fraction of sp³-hybridized carbons (Fsp3) is 0.591. The lowest BCUT2D eigenvalue weighted by Crippen LogP contribution is -2.49. The van der Waals surface area contributed by atoms with Crippen molar-refractivity contribution < 1.29 is 19.1 Å².